The maximum absolute atomic E-state index is 12.9. The van der Waals surface area contributed by atoms with E-state index in [-0.39, 0.29) is 5.75 Å². The molecule has 1 heterocycles. The Bertz CT molecular complexity index is 516. The first-order valence-electron chi connectivity index (χ1n) is 4.83. The molecule has 0 atom stereocenters. The fourth-order valence-corrected chi connectivity index (χ4v) is 1.54. The molecule has 2 aromatic rings. The second-order valence-corrected chi connectivity index (χ2v) is 3.88. The Hall–Kier alpha value is -1.49. The zero-order valence-electron chi connectivity index (χ0n) is 8.66. The van der Waals surface area contributed by atoms with E-state index in [0.29, 0.717) is 11.2 Å². The minimum Gasteiger partial charge on any atom is -0.439 e. The van der Waals surface area contributed by atoms with Crippen LogP contribution in [0.1, 0.15) is 5.56 Å². The average molecular weight is 300 g/mol. The van der Waals surface area contributed by atoms with Crippen molar-refractivity contribution < 1.29 is 13.5 Å². The number of pyridine rings is 1. The van der Waals surface area contributed by atoms with Crippen LogP contribution >= 0.6 is 15.9 Å². The van der Waals surface area contributed by atoms with E-state index in [4.69, 9.17) is 4.74 Å². The molecule has 1 aromatic carbocycles. The molecule has 0 N–H and O–H groups in total. The van der Waals surface area contributed by atoms with Crippen molar-refractivity contribution in [3.05, 3.63) is 53.7 Å². The maximum Gasteiger partial charge on any atom is 0.219 e. The largest absolute Gasteiger partial charge is 0.439 e. The van der Waals surface area contributed by atoms with Crippen LogP contribution in [0.3, 0.4) is 0 Å². The minimum atomic E-state index is -0.945. The lowest BCUT2D eigenvalue weighted by Crippen LogP contribution is -1.91. The van der Waals surface area contributed by atoms with E-state index in [1.807, 2.05) is 6.07 Å². The van der Waals surface area contributed by atoms with Crippen molar-refractivity contribution in [1.82, 2.24) is 4.98 Å². The third-order valence-electron chi connectivity index (χ3n) is 2.07. The lowest BCUT2D eigenvalue weighted by atomic mass is 10.3. The molecule has 0 fully saturated rings. The number of hydrogen-bond acceptors (Lipinski definition) is 2. The van der Waals surface area contributed by atoms with Gasteiger partial charge in [0, 0.05) is 23.7 Å². The summed E-state index contributed by atoms with van der Waals surface area (Å²) in [5.41, 5.74) is 1.00. The maximum atomic E-state index is 12.9. The summed E-state index contributed by atoms with van der Waals surface area (Å²) in [4.78, 5) is 4.03. The molecule has 1 aromatic heterocycles. The topological polar surface area (TPSA) is 22.1 Å². The zero-order valence-corrected chi connectivity index (χ0v) is 10.2. The summed E-state index contributed by atoms with van der Waals surface area (Å²) in [6.07, 6.45) is 1.64. The summed E-state index contributed by atoms with van der Waals surface area (Å²) in [5, 5.41) is 0.700. The van der Waals surface area contributed by atoms with Crippen molar-refractivity contribution in [3.8, 4) is 11.6 Å². The second-order valence-electron chi connectivity index (χ2n) is 3.32. The molecule has 0 radical (unpaired) electrons. The van der Waals surface area contributed by atoms with E-state index in [1.165, 1.54) is 6.07 Å². The Morgan fingerprint density at radius 2 is 1.94 bits per heavy atom. The number of aromatic nitrogens is 1. The third-order valence-corrected chi connectivity index (χ3v) is 2.71. The van der Waals surface area contributed by atoms with Crippen LogP contribution in [-0.4, -0.2) is 4.98 Å². The Balaban J connectivity index is 2.16. The molecule has 5 heteroatoms. The first kappa shape index (κ1) is 12.0. The van der Waals surface area contributed by atoms with Gasteiger partial charge in [0.2, 0.25) is 5.88 Å². The van der Waals surface area contributed by atoms with E-state index in [0.717, 1.165) is 17.7 Å². The Morgan fingerprint density at radius 1 is 1.12 bits per heavy atom. The van der Waals surface area contributed by atoms with Gasteiger partial charge in [0.15, 0.2) is 11.6 Å². The Morgan fingerprint density at radius 3 is 2.53 bits per heavy atom. The Kier molecular flexibility index (Phi) is 3.68. The fourth-order valence-electron chi connectivity index (χ4n) is 1.21. The van der Waals surface area contributed by atoms with E-state index in [9.17, 15) is 8.78 Å². The molecule has 0 aliphatic carbocycles. The van der Waals surface area contributed by atoms with Gasteiger partial charge in [0.05, 0.1) is 0 Å². The molecule has 2 nitrogen and oxygen atoms in total. The summed E-state index contributed by atoms with van der Waals surface area (Å²) in [5.74, 6) is -1.30. The van der Waals surface area contributed by atoms with Crippen LogP contribution in [-0.2, 0) is 5.33 Å². The number of rotatable bonds is 3. The normalized spacial score (nSPS) is 10.3. The van der Waals surface area contributed by atoms with Gasteiger partial charge in [0.25, 0.3) is 0 Å². The van der Waals surface area contributed by atoms with Crippen molar-refractivity contribution in [2.45, 2.75) is 5.33 Å². The number of nitrogens with zero attached hydrogens (tertiary/aromatic N) is 1. The molecule has 17 heavy (non-hydrogen) atoms. The highest BCUT2D eigenvalue weighted by Crippen LogP contribution is 2.21. The average Bonchev–Trinajstić information content (AvgIpc) is 2.35. The van der Waals surface area contributed by atoms with Crippen LogP contribution in [0.15, 0.2) is 36.5 Å². The fraction of sp³-hybridized carbons (Fsp3) is 0.0833. The Labute approximate surface area is 105 Å². The number of hydrogen-bond donors (Lipinski definition) is 0. The standard InChI is InChI=1S/C12H8BrF2NO/c13-6-8-1-4-12(16-7-8)17-9-2-3-10(14)11(15)5-9/h1-5,7H,6H2. The van der Waals surface area contributed by atoms with Gasteiger partial charge in [-0.2, -0.15) is 0 Å². The smallest absolute Gasteiger partial charge is 0.219 e. The van der Waals surface area contributed by atoms with E-state index < -0.39 is 11.6 Å². The molecule has 0 saturated heterocycles. The van der Waals surface area contributed by atoms with Crippen molar-refractivity contribution >= 4 is 15.9 Å². The van der Waals surface area contributed by atoms with E-state index in [1.54, 1.807) is 12.3 Å². The number of halogens is 3. The summed E-state index contributed by atoms with van der Waals surface area (Å²) in [6.45, 7) is 0. The van der Waals surface area contributed by atoms with Crippen LogP contribution < -0.4 is 4.74 Å². The predicted octanol–water partition coefficient (Wildman–Crippen LogP) is 4.05. The van der Waals surface area contributed by atoms with Crippen LogP contribution in [0, 0.1) is 11.6 Å². The van der Waals surface area contributed by atoms with Crippen LogP contribution in [0.4, 0.5) is 8.78 Å². The van der Waals surface area contributed by atoms with Gasteiger partial charge in [-0.05, 0) is 17.7 Å². The summed E-state index contributed by atoms with van der Waals surface area (Å²) >= 11 is 3.29. The number of benzene rings is 1. The van der Waals surface area contributed by atoms with E-state index >= 15 is 0 Å². The van der Waals surface area contributed by atoms with Gasteiger partial charge in [-0.3, -0.25) is 0 Å². The summed E-state index contributed by atoms with van der Waals surface area (Å²) in [6, 6.07) is 6.83. The summed E-state index contributed by atoms with van der Waals surface area (Å²) in [7, 11) is 0. The predicted molar refractivity (Wildman–Crippen MR) is 63.3 cm³/mol. The van der Waals surface area contributed by atoms with Gasteiger partial charge in [-0.1, -0.05) is 22.0 Å². The summed E-state index contributed by atoms with van der Waals surface area (Å²) < 4.78 is 30.9. The van der Waals surface area contributed by atoms with Gasteiger partial charge in [-0.25, -0.2) is 13.8 Å². The molecule has 0 spiro atoms. The van der Waals surface area contributed by atoms with Gasteiger partial charge < -0.3 is 4.74 Å². The molecule has 0 bridgehead atoms. The quantitative estimate of drug-likeness (QED) is 0.798. The first-order chi connectivity index (χ1) is 8.19. The zero-order chi connectivity index (χ0) is 12.3. The molecule has 0 saturated carbocycles. The van der Waals surface area contributed by atoms with Crippen LogP contribution in [0.2, 0.25) is 0 Å². The first-order valence-corrected chi connectivity index (χ1v) is 5.95. The molecule has 0 aliphatic rings. The monoisotopic (exact) mass is 299 g/mol. The minimum absolute atomic E-state index is 0.211. The van der Waals surface area contributed by atoms with Crippen molar-refractivity contribution in [2.75, 3.05) is 0 Å². The molecule has 0 amide bonds. The second kappa shape index (κ2) is 5.23. The van der Waals surface area contributed by atoms with Gasteiger partial charge in [-0.15, -0.1) is 0 Å². The van der Waals surface area contributed by atoms with Crippen molar-refractivity contribution in [2.24, 2.45) is 0 Å². The highest BCUT2D eigenvalue weighted by Gasteiger charge is 2.04. The van der Waals surface area contributed by atoms with E-state index in [2.05, 4.69) is 20.9 Å². The lowest BCUT2D eigenvalue weighted by molar-refractivity contribution is 0.447. The van der Waals surface area contributed by atoms with Crippen LogP contribution in [0.25, 0.3) is 0 Å². The number of ether oxygens (including phenoxy) is 1. The SMILES string of the molecule is Fc1ccc(Oc2ccc(CBr)cn2)cc1F. The van der Waals surface area contributed by atoms with Gasteiger partial charge >= 0.3 is 0 Å². The molecular formula is C12H8BrF2NO. The third kappa shape index (κ3) is 3.00. The highest BCUT2D eigenvalue weighted by atomic mass is 79.9. The number of alkyl halides is 1. The molecule has 0 aliphatic heterocycles. The van der Waals surface area contributed by atoms with Crippen LogP contribution in [0.5, 0.6) is 11.6 Å². The lowest BCUT2D eigenvalue weighted by Gasteiger charge is -2.05. The highest BCUT2D eigenvalue weighted by molar-refractivity contribution is 9.08. The van der Waals surface area contributed by atoms with Gasteiger partial charge in [0.1, 0.15) is 5.75 Å². The van der Waals surface area contributed by atoms with Crippen molar-refractivity contribution in [1.29, 1.82) is 0 Å². The molecule has 2 rings (SSSR count). The van der Waals surface area contributed by atoms with Crippen molar-refractivity contribution in [3.63, 3.8) is 0 Å². The molecule has 0 unspecified atom stereocenters. The molecule has 88 valence electrons. The molecular weight excluding hydrogens is 292 g/mol.